The van der Waals surface area contributed by atoms with E-state index >= 15 is 0 Å². The van der Waals surface area contributed by atoms with Crippen molar-refractivity contribution >= 4 is 28.9 Å². The molecule has 82 valence electrons. The van der Waals surface area contributed by atoms with Crippen LogP contribution in [0.15, 0.2) is 30.5 Å². The smallest absolute Gasteiger partial charge is 0.0748 e. The molecule has 0 amide bonds. The molecule has 0 aliphatic heterocycles. The van der Waals surface area contributed by atoms with Crippen LogP contribution in [0.4, 0.5) is 5.69 Å². The first-order chi connectivity index (χ1) is 7.58. The molecule has 1 aromatic carbocycles. The van der Waals surface area contributed by atoms with Crippen molar-refractivity contribution in [3.63, 3.8) is 0 Å². The lowest BCUT2D eigenvalue weighted by molar-refractivity contribution is 1.27. The summed E-state index contributed by atoms with van der Waals surface area (Å²) in [7, 11) is 0. The number of aryl methyl sites for hydroxylation is 1. The fourth-order valence-corrected chi connectivity index (χ4v) is 1.94. The highest BCUT2D eigenvalue weighted by molar-refractivity contribution is 6.35. The SMILES string of the molecule is Cc1cc(N)cnc1-c1cc(Cl)ccc1Cl. The zero-order valence-electron chi connectivity index (χ0n) is 8.67. The highest BCUT2D eigenvalue weighted by atomic mass is 35.5. The summed E-state index contributed by atoms with van der Waals surface area (Å²) in [6.07, 6.45) is 1.61. The number of benzene rings is 1. The summed E-state index contributed by atoms with van der Waals surface area (Å²) >= 11 is 12.1. The van der Waals surface area contributed by atoms with E-state index in [1.807, 2.05) is 13.0 Å². The molecule has 0 aliphatic rings. The molecule has 0 fully saturated rings. The summed E-state index contributed by atoms with van der Waals surface area (Å²) in [5.41, 5.74) is 8.90. The average molecular weight is 253 g/mol. The molecule has 0 bridgehead atoms. The van der Waals surface area contributed by atoms with Crippen LogP contribution in [-0.2, 0) is 0 Å². The van der Waals surface area contributed by atoms with Gasteiger partial charge in [-0.05, 0) is 36.8 Å². The molecule has 4 heteroatoms. The monoisotopic (exact) mass is 252 g/mol. The maximum Gasteiger partial charge on any atom is 0.0748 e. The van der Waals surface area contributed by atoms with Gasteiger partial charge >= 0.3 is 0 Å². The van der Waals surface area contributed by atoms with Crippen molar-refractivity contribution in [3.8, 4) is 11.3 Å². The summed E-state index contributed by atoms with van der Waals surface area (Å²) in [5.74, 6) is 0. The molecule has 0 spiro atoms. The Labute approximate surface area is 104 Å². The maximum absolute atomic E-state index is 6.11. The zero-order valence-corrected chi connectivity index (χ0v) is 10.2. The number of rotatable bonds is 1. The predicted octanol–water partition coefficient (Wildman–Crippen LogP) is 3.95. The van der Waals surface area contributed by atoms with E-state index in [2.05, 4.69) is 4.98 Å². The Morgan fingerprint density at radius 2 is 1.94 bits per heavy atom. The quantitative estimate of drug-likeness (QED) is 0.835. The number of anilines is 1. The van der Waals surface area contributed by atoms with E-state index in [1.165, 1.54) is 0 Å². The molecule has 16 heavy (non-hydrogen) atoms. The molecule has 1 aromatic heterocycles. The van der Waals surface area contributed by atoms with Crippen molar-refractivity contribution in [3.05, 3.63) is 46.1 Å². The Morgan fingerprint density at radius 1 is 1.19 bits per heavy atom. The van der Waals surface area contributed by atoms with E-state index in [0.29, 0.717) is 15.7 Å². The van der Waals surface area contributed by atoms with Gasteiger partial charge in [-0.15, -0.1) is 0 Å². The first-order valence-electron chi connectivity index (χ1n) is 4.75. The first-order valence-corrected chi connectivity index (χ1v) is 5.51. The minimum Gasteiger partial charge on any atom is -0.397 e. The number of aromatic nitrogens is 1. The van der Waals surface area contributed by atoms with E-state index < -0.39 is 0 Å². The molecule has 0 aliphatic carbocycles. The number of pyridine rings is 1. The largest absolute Gasteiger partial charge is 0.397 e. The number of hydrogen-bond acceptors (Lipinski definition) is 2. The van der Waals surface area contributed by atoms with Crippen LogP contribution in [-0.4, -0.2) is 4.98 Å². The summed E-state index contributed by atoms with van der Waals surface area (Å²) < 4.78 is 0. The zero-order chi connectivity index (χ0) is 11.7. The van der Waals surface area contributed by atoms with Gasteiger partial charge in [0.2, 0.25) is 0 Å². The van der Waals surface area contributed by atoms with Crippen molar-refractivity contribution in [1.82, 2.24) is 4.98 Å². The van der Waals surface area contributed by atoms with Crippen LogP contribution in [0.2, 0.25) is 10.0 Å². The van der Waals surface area contributed by atoms with Crippen LogP contribution in [0.3, 0.4) is 0 Å². The lowest BCUT2D eigenvalue weighted by atomic mass is 10.1. The van der Waals surface area contributed by atoms with E-state index in [4.69, 9.17) is 28.9 Å². The maximum atomic E-state index is 6.11. The second-order valence-corrected chi connectivity index (χ2v) is 4.40. The van der Waals surface area contributed by atoms with Gasteiger partial charge in [0.15, 0.2) is 0 Å². The third-order valence-electron chi connectivity index (χ3n) is 2.28. The Hall–Kier alpha value is -1.25. The molecular weight excluding hydrogens is 243 g/mol. The normalized spacial score (nSPS) is 10.4. The number of nitrogens with two attached hydrogens (primary N) is 1. The van der Waals surface area contributed by atoms with Gasteiger partial charge in [-0.3, -0.25) is 4.98 Å². The highest BCUT2D eigenvalue weighted by Crippen LogP contribution is 2.31. The molecule has 2 nitrogen and oxygen atoms in total. The fraction of sp³-hybridized carbons (Fsp3) is 0.0833. The van der Waals surface area contributed by atoms with E-state index in [1.54, 1.807) is 24.4 Å². The summed E-state index contributed by atoms with van der Waals surface area (Å²) in [6.45, 7) is 1.94. The summed E-state index contributed by atoms with van der Waals surface area (Å²) in [4.78, 5) is 4.28. The minimum absolute atomic E-state index is 0.629. The van der Waals surface area contributed by atoms with Crippen LogP contribution in [0.25, 0.3) is 11.3 Å². The fourth-order valence-electron chi connectivity index (χ4n) is 1.56. The molecule has 1 heterocycles. The van der Waals surface area contributed by atoms with Crippen molar-refractivity contribution in [2.24, 2.45) is 0 Å². The third-order valence-corrected chi connectivity index (χ3v) is 2.85. The Bertz CT molecular complexity index is 539. The summed E-state index contributed by atoms with van der Waals surface area (Å²) in [6, 6.07) is 7.17. The second-order valence-electron chi connectivity index (χ2n) is 3.56. The van der Waals surface area contributed by atoms with E-state index in [9.17, 15) is 0 Å². The number of halogens is 2. The molecule has 0 saturated heterocycles. The predicted molar refractivity (Wildman–Crippen MR) is 68.8 cm³/mol. The van der Waals surface area contributed by atoms with Gasteiger partial charge < -0.3 is 5.73 Å². The number of hydrogen-bond donors (Lipinski definition) is 1. The Morgan fingerprint density at radius 3 is 2.62 bits per heavy atom. The molecule has 0 saturated carbocycles. The third kappa shape index (κ3) is 2.13. The van der Waals surface area contributed by atoms with E-state index in [0.717, 1.165) is 16.8 Å². The van der Waals surface area contributed by atoms with Crippen LogP contribution < -0.4 is 5.73 Å². The molecule has 0 unspecified atom stereocenters. The first kappa shape index (κ1) is 11.2. The van der Waals surface area contributed by atoms with E-state index in [-0.39, 0.29) is 0 Å². The van der Waals surface area contributed by atoms with Crippen molar-refractivity contribution in [2.45, 2.75) is 6.92 Å². The number of nitrogens with zero attached hydrogens (tertiary/aromatic N) is 1. The van der Waals surface area contributed by atoms with Crippen molar-refractivity contribution in [2.75, 3.05) is 5.73 Å². The Kier molecular flexibility index (Phi) is 3.03. The van der Waals surface area contributed by atoms with Crippen molar-refractivity contribution < 1.29 is 0 Å². The van der Waals surface area contributed by atoms with Crippen LogP contribution >= 0.6 is 23.2 Å². The highest BCUT2D eigenvalue weighted by Gasteiger charge is 2.08. The molecule has 0 atom stereocenters. The second kappa shape index (κ2) is 4.32. The molecule has 2 N–H and O–H groups in total. The van der Waals surface area contributed by atoms with Crippen LogP contribution in [0, 0.1) is 6.92 Å². The lowest BCUT2D eigenvalue weighted by Crippen LogP contribution is -1.93. The van der Waals surface area contributed by atoms with Gasteiger partial charge in [0.1, 0.15) is 0 Å². The molecular formula is C12H10Cl2N2. The standard InChI is InChI=1S/C12H10Cl2N2/c1-7-4-9(15)6-16-12(7)10-5-8(13)2-3-11(10)14/h2-6H,15H2,1H3. The van der Waals surface area contributed by atoms with Crippen molar-refractivity contribution in [1.29, 1.82) is 0 Å². The van der Waals surface area contributed by atoms with Crippen LogP contribution in [0.1, 0.15) is 5.56 Å². The van der Waals surface area contributed by atoms with Gasteiger partial charge in [0.05, 0.1) is 22.6 Å². The minimum atomic E-state index is 0.629. The molecule has 2 aromatic rings. The van der Waals surface area contributed by atoms with Gasteiger partial charge in [-0.25, -0.2) is 0 Å². The van der Waals surface area contributed by atoms with Gasteiger partial charge in [0, 0.05) is 10.6 Å². The van der Waals surface area contributed by atoms with Gasteiger partial charge in [0.25, 0.3) is 0 Å². The van der Waals surface area contributed by atoms with Gasteiger partial charge in [-0.1, -0.05) is 23.2 Å². The summed E-state index contributed by atoms with van der Waals surface area (Å²) in [5, 5.41) is 1.27. The van der Waals surface area contributed by atoms with Gasteiger partial charge in [-0.2, -0.15) is 0 Å². The lowest BCUT2D eigenvalue weighted by Gasteiger charge is -2.08. The number of nitrogen functional groups attached to an aromatic ring is 1. The molecule has 0 radical (unpaired) electrons. The van der Waals surface area contributed by atoms with Crippen LogP contribution in [0.5, 0.6) is 0 Å². The topological polar surface area (TPSA) is 38.9 Å². The average Bonchev–Trinajstić information content (AvgIpc) is 2.22. The Balaban J connectivity index is 2.62. The molecule has 2 rings (SSSR count).